The Kier molecular flexibility index (Phi) is 9.46. The molecule has 2 heteroatoms. The molecule has 1 unspecified atom stereocenters. The topological polar surface area (TPSA) is 8.17 Å². The van der Waals surface area contributed by atoms with E-state index in [1.165, 1.54) is 109 Å². The quantitative estimate of drug-likeness (QED) is 0.155. The van der Waals surface area contributed by atoms with E-state index in [-0.39, 0.29) is 5.41 Å². The lowest BCUT2D eigenvalue weighted by Gasteiger charge is -2.54. The Labute approximate surface area is 394 Å². The maximum Gasteiger partial charge on any atom is 0.0543 e. The molecule has 2 fully saturated rings. The van der Waals surface area contributed by atoms with Gasteiger partial charge in [-0.25, -0.2) is 0 Å². The molecule has 1 heterocycles. The van der Waals surface area contributed by atoms with Gasteiger partial charge in [-0.05, 0) is 154 Å². The minimum atomic E-state index is 0.0177. The van der Waals surface area contributed by atoms with Crippen molar-refractivity contribution in [2.45, 2.75) is 44.9 Å². The Bertz CT molecular complexity index is 3380. The fourth-order valence-electron chi connectivity index (χ4n) is 13.5. The minimum absolute atomic E-state index is 0.0177. The highest BCUT2D eigenvalue weighted by atomic mass is 15.1. The second kappa shape index (κ2) is 15.9. The first-order valence-electron chi connectivity index (χ1n) is 24.5. The molecule has 10 aromatic rings. The van der Waals surface area contributed by atoms with Gasteiger partial charge in [-0.15, -0.1) is 0 Å². The lowest BCUT2D eigenvalue weighted by molar-refractivity contribution is 0.0426. The fourth-order valence-corrected chi connectivity index (χ4v) is 13.5. The summed E-state index contributed by atoms with van der Waals surface area (Å²) in [6, 6.07) is 81.5. The summed E-state index contributed by atoms with van der Waals surface area (Å²) in [6.07, 6.45) is 5.33. The predicted molar refractivity (Wildman–Crippen MR) is 282 cm³/mol. The minimum Gasteiger partial charge on any atom is -0.310 e. The molecular formula is C65H54N2. The lowest BCUT2D eigenvalue weighted by Crippen LogP contribution is -2.49. The molecule has 324 valence electrons. The molecule has 1 aromatic heterocycles. The average molecular weight is 863 g/mol. The molecule has 5 atom stereocenters. The summed E-state index contributed by atoms with van der Waals surface area (Å²) in [6.45, 7) is 5.08. The molecule has 0 aliphatic heterocycles. The van der Waals surface area contributed by atoms with Crippen LogP contribution in [0.2, 0.25) is 0 Å². The summed E-state index contributed by atoms with van der Waals surface area (Å²) in [5.74, 6) is 2.81. The molecule has 2 saturated carbocycles. The molecule has 67 heavy (non-hydrogen) atoms. The zero-order valence-electron chi connectivity index (χ0n) is 38.3. The Morgan fingerprint density at radius 2 is 0.910 bits per heavy atom. The van der Waals surface area contributed by atoms with Gasteiger partial charge in [0.25, 0.3) is 0 Å². The number of nitrogens with zero attached hydrogens (tertiary/aromatic N) is 2. The SMILES string of the molecule is C[C@H]1C[C@@H]2C[C@H](C1)C1(c3ccccc3-c3c(N(c4ccc(-c5ccc(-c6ccccc6)cc5)cc4)c4ccc(-c5ccc(-n6c7ccccc7c7ccccc76)cc5)cc4)cccc31)[C@H](C)C2. The van der Waals surface area contributed by atoms with Crippen molar-refractivity contribution >= 4 is 38.9 Å². The molecular weight excluding hydrogens is 809 g/mol. The smallest absolute Gasteiger partial charge is 0.0543 e. The Morgan fingerprint density at radius 1 is 0.418 bits per heavy atom. The van der Waals surface area contributed by atoms with Crippen LogP contribution in [0, 0.1) is 23.7 Å². The van der Waals surface area contributed by atoms with Gasteiger partial charge in [0, 0.05) is 38.8 Å². The number of para-hydroxylation sites is 2. The molecule has 3 aliphatic rings. The summed E-state index contributed by atoms with van der Waals surface area (Å²) in [7, 11) is 0. The first kappa shape index (κ1) is 39.9. The van der Waals surface area contributed by atoms with Gasteiger partial charge in [0.05, 0.1) is 16.7 Å². The lowest BCUT2D eigenvalue weighted by atomic mass is 9.49. The van der Waals surface area contributed by atoms with E-state index >= 15 is 0 Å². The van der Waals surface area contributed by atoms with Crippen molar-refractivity contribution in [3.8, 4) is 50.2 Å². The van der Waals surface area contributed by atoms with E-state index in [9.17, 15) is 0 Å². The monoisotopic (exact) mass is 862 g/mol. The predicted octanol–water partition coefficient (Wildman–Crippen LogP) is 17.6. The van der Waals surface area contributed by atoms with E-state index in [2.05, 4.69) is 242 Å². The van der Waals surface area contributed by atoms with Crippen LogP contribution in [-0.2, 0) is 5.41 Å². The van der Waals surface area contributed by atoms with Crippen molar-refractivity contribution in [3.63, 3.8) is 0 Å². The Balaban J connectivity index is 0.910. The van der Waals surface area contributed by atoms with Crippen LogP contribution < -0.4 is 4.90 Å². The number of aromatic nitrogens is 1. The Hall–Kier alpha value is -7.42. The third kappa shape index (κ3) is 6.37. The van der Waals surface area contributed by atoms with E-state index in [1.54, 1.807) is 5.56 Å². The zero-order chi connectivity index (χ0) is 44.6. The largest absolute Gasteiger partial charge is 0.310 e. The van der Waals surface area contributed by atoms with E-state index < -0.39 is 0 Å². The van der Waals surface area contributed by atoms with Gasteiger partial charge in [0.15, 0.2) is 0 Å². The van der Waals surface area contributed by atoms with Crippen molar-refractivity contribution in [1.82, 2.24) is 4.57 Å². The number of rotatable bonds is 7. The molecule has 0 N–H and O–H groups in total. The average Bonchev–Trinajstić information content (AvgIpc) is 3.88. The number of fused-ring (bicyclic) bond motifs is 11. The summed E-state index contributed by atoms with van der Waals surface area (Å²) in [4.78, 5) is 2.53. The summed E-state index contributed by atoms with van der Waals surface area (Å²) in [5.41, 5.74) is 20.4. The number of anilines is 3. The van der Waals surface area contributed by atoms with Gasteiger partial charge < -0.3 is 9.47 Å². The number of hydrogen-bond acceptors (Lipinski definition) is 1. The molecule has 0 radical (unpaired) electrons. The van der Waals surface area contributed by atoms with Crippen LogP contribution in [0.25, 0.3) is 72.0 Å². The molecule has 3 aliphatic carbocycles. The van der Waals surface area contributed by atoms with Crippen LogP contribution in [0.4, 0.5) is 17.1 Å². The molecule has 0 amide bonds. The van der Waals surface area contributed by atoms with Crippen molar-refractivity contribution in [2.24, 2.45) is 23.7 Å². The van der Waals surface area contributed by atoms with E-state index in [0.29, 0.717) is 11.8 Å². The van der Waals surface area contributed by atoms with Crippen LogP contribution in [-0.4, -0.2) is 4.57 Å². The van der Waals surface area contributed by atoms with Crippen LogP contribution in [0.15, 0.2) is 218 Å². The molecule has 9 aromatic carbocycles. The van der Waals surface area contributed by atoms with Crippen LogP contribution >= 0.6 is 0 Å². The van der Waals surface area contributed by atoms with Crippen molar-refractivity contribution in [2.75, 3.05) is 4.90 Å². The summed E-state index contributed by atoms with van der Waals surface area (Å²) in [5, 5.41) is 2.56. The highest BCUT2D eigenvalue weighted by Gasteiger charge is 2.57. The molecule has 1 spiro atoms. The van der Waals surface area contributed by atoms with Crippen molar-refractivity contribution in [3.05, 3.63) is 230 Å². The van der Waals surface area contributed by atoms with E-state index in [1.807, 2.05) is 0 Å². The van der Waals surface area contributed by atoms with Gasteiger partial charge in [0.2, 0.25) is 0 Å². The van der Waals surface area contributed by atoms with Crippen LogP contribution in [0.3, 0.4) is 0 Å². The van der Waals surface area contributed by atoms with Gasteiger partial charge in [-0.3, -0.25) is 0 Å². The fraction of sp³-hybridized carbons (Fsp3) is 0.169. The maximum atomic E-state index is 2.57. The molecule has 13 rings (SSSR count). The molecule has 2 nitrogen and oxygen atoms in total. The zero-order valence-corrected chi connectivity index (χ0v) is 38.3. The number of benzene rings is 9. The van der Waals surface area contributed by atoms with Gasteiger partial charge >= 0.3 is 0 Å². The highest BCUT2D eigenvalue weighted by molar-refractivity contribution is 6.09. The maximum absolute atomic E-state index is 2.57. The van der Waals surface area contributed by atoms with Crippen molar-refractivity contribution in [1.29, 1.82) is 0 Å². The normalized spacial score (nSPS) is 20.5. The van der Waals surface area contributed by atoms with E-state index in [4.69, 9.17) is 0 Å². The standard InChI is InChI=1S/C65H54N2/c1-43-39-45-41-44(2)65(52(40-43)42-45)59-18-9-6-17-58(59)64-60(65)19-12-22-63(64)66(53-33-27-49(28-34-53)48-25-23-47(24-26-48)46-13-4-3-5-14-46)54-35-29-50(30-36-54)51-31-37-55(38-32-51)67-61-20-10-7-15-56(61)57-16-8-11-21-62(57)67/h3-38,43-45,52H,39-42H2,1-2H3/t43-,44+,45-,52-,65?/m0/s1. The molecule has 0 saturated heterocycles. The third-order valence-corrected chi connectivity index (χ3v) is 16.1. The Morgan fingerprint density at radius 3 is 1.52 bits per heavy atom. The second-order valence-corrected chi connectivity index (χ2v) is 19.9. The number of hydrogen-bond donors (Lipinski definition) is 0. The first-order valence-corrected chi connectivity index (χ1v) is 24.5. The van der Waals surface area contributed by atoms with Crippen LogP contribution in [0.5, 0.6) is 0 Å². The first-order chi connectivity index (χ1) is 33.0. The summed E-state index contributed by atoms with van der Waals surface area (Å²) >= 11 is 0. The van der Waals surface area contributed by atoms with Gasteiger partial charge in [-0.2, -0.15) is 0 Å². The second-order valence-electron chi connectivity index (χ2n) is 19.9. The summed E-state index contributed by atoms with van der Waals surface area (Å²) < 4.78 is 2.39. The third-order valence-electron chi connectivity index (χ3n) is 16.1. The van der Waals surface area contributed by atoms with Crippen LogP contribution in [0.1, 0.15) is 50.7 Å². The van der Waals surface area contributed by atoms with Gasteiger partial charge in [-0.1, -0.05) is 178 Å². The van der Waals surface area contributed by atoms with E-state index in [0.717, 1.165) is 23.2 Å². The molecule has 2 bridgehead atoms. The highest BCUT2D eigenvalue weighted by Crippen LogP contribution is 2.66. The van der Waals surface area contributed by atoms with Crippen molar-refractivity contribution < 1.29 is 0 Å². The van der Waals surface area contributed by atoms with Gasteiger partial charge in [0.1, 0.15) is 0 Å².